The van der Waals surface area contributed by atoms with Crippen LogP contribution in [0, 0.1) is 5.92 Å². The molecule has 1 atom stereocenters. The standard InChI is InChI=1S/C22H36N4O2.HI/c1-17-9-8-14-26(16-17)20(27)12-13-24-21(23-5)25-15-18-10-6-7-11-19(18)28-22(2,3)4;/h6-7,10-11,17H,8-9,12-16H2,1-5H3,(H2,23,24,25);1H. The molecule has 1 aliphatic rings. The number of ether oxygens (including phenoxy) is 1. The molecule has 0 bridgehead atoms. The van der Waals surface area contributed by atoms with Crippen molar-refractivity contribution < 1.29 is 9.53 Å². The van der Waals surface area contributed by atoms with Crippen LogP contribution < -0.4 is 15.4 Å². The van der Waals surface area contributed by atoms with Crippen LogP contribution in [0.1, 0.15) is 52.5 Å². The summed E-state index contributed by atoms with van der Waals surface area (Å²) >= 11 is 0. The van der Waals surface area contributed by atoms with Crippen molar-refractivity contribution in [2.24, 2.45) is 10.9 Å². The predicted octanol–water partition coefficient (Wildman–Crippen LogP) is 3.80. The van der Waals surface area contributed by atoms with Gasteiger partial charge in [0.1, 0.15) is 11.4 Å². The lowest BCUT2D eigenvalue weighted by atomic mass is 10.00. The van der Waals surface area contributed by atoms with E-state index in [-0.39, 0.29) is 35.5 Å². The van der Waals surface area contributed by atoms with Crippen molar-refractivity contribution >= 4 is 35.8 Å². The quantitative estimate of drug-likeness (QED) is 0.343. The average molecular weight is 516 g/mol. The Bertz CT molecular complexity index is 673. The second kappa shape index (κ2) is 12.2. The second-order valence-corrected chi connectivity index (χ2v) is 8.51. The zero-order chi connectivity index (χ0) is 20.6. The van der Waals surface area contributed by atoms with Gasteiger partial charge in [-0.2, -0.15) is 0 Å². The number of amides is 1. The Labute approximate surface area is 192 Å². The topological polar surface area (TPSA) is 66.0 Å². The summed E-state index contributed by atoms with van der Waals surface area (Å²) in [5.74, 6) is 2.38. The number of benzene rings is 1. The van der Waals surface area contributed by atoms with E-state index in [4.69, 9.17) is 4.74 Å². The molecule has 1 heterocycles. The highest BCUT2D eigenvalue weighted by atomic mass is 127. The van der Waals surface area contributed by atoms with Gasteiger partial charge in [0.15, 0.2) is 5.96 Å². The molecule has 29 heavy (non-hydrogen) atoms. The van der Waals surface area contributed by atoms with E-state index < -0.39 is 0 Å². The minimum atomic E-state index is -0.248. The Morgan fingerprint density at radius 1 is 1.28 bits per heavy atom. The smallest absolute Gasteiger partial charge is 0.224 e. The van der Waals surface area contributed by atoms with Gasteiger partial charge in [0.05, 0.1) is 0 Å². The average Bonchev–Trinajstić information content (AvgIpc) is 2.64. The maximum Gasteiger partial charge on any atom is 0.224 e. The summed E-state index contributed by atoms with van der Waals surface area (Å²) in [4.78, 5) is 18.6. The van der Waals surface area contributed by atoms with Crippen LogP contribution in [0.4, 0.5) is 0 Å². The van der Waals surface area contributed by atoms with Crippen molar-refractivity contribution in [2.75, 3.05) is 26.7 Å². The molecule has 1 unspecified atom stereocenters. The molecule has 2 rings (SSSR count). The summed E-state index contributed by atoms with van der Waals surface area (Å²) in [5.41, 5.74) is 0.821. The van der Waals surface area contributed by atoms with E-state index in [1.54, 1.807) is 7.05 Å². The van der Waals surface area contributed by atoms with Gasteiger partial charge in [-0.25, -0.2) is 0 Å². The maximum atomic E-state index is 12.4. The molecule has 1 aliphatic heterocycles. The highest BCUT2D eigenvalue weighted by Gasteiger charge is 2.20. The first-order chi connectivity index (χ1) is 13.3. The Morgan fingerprint density at radius 3 is 2.66 bits per heavy atom. The molecule has 1 aromatic rings. The summed E-state index contributed by atoms with van der Waals surface area (Å²) < 4.78 is 6.04. The zero-order valence-electron chi connectivity index (χ0n) is 18.5. The van der Waals surface area contributed by atoms with E-state index >= 15 is 0 Å². The van der Waals surface area contributed by atoms with Gasteiger partial charge in [-0.05, 0) is 45.6 Å². The monoisotopic (exact) mass is 516 g/mol. The van der Waals surface area contributed by atoms with Gasteiger partial charge in [-0.3, -0.25) is 9.79 Å². The van der Waals surface area contributed by atoms with Crippen LogP contribution in [0.3, 0.4) is 0 Å². The molecule has 6 nitrogen and oxygen atoms in total. The molecule has 1 amide bonds. The molecule has 0 radical (unpaired) electrons. The number of guanidine groups is 1. The minimum Gasteiger partial charge on any atom is -0.488 e. The van der Waals surface area contributed by atoms with E-state index in [0.29, 0.717) is 31.4 Å². The van der Waals surface area contributed by atoms with Crippen molar-refractivity contribution in [3.8, 4) is 5.75 Å². The molecule has 0 spiro atoms. The lowest BCUT2D eigenvalue weighted by Crippen LogP contribution is -2.42. The van der Waals surface area contributed by atoms with E-state index in [9.17, 15) is 4.79 Å². The lowest BCUT2D eigenvalue weighted by Gasteiger charge is -2.31. The van der Waals surface area contributed by atoms with Crippen LogP contribution in [0.25, 0.3) is 0 Å². The molecule has 7 heteroatoms. The number of hydrogen-bond acceptors (Lipinski definition) is 3. The molecule has 0 aromatic heterocycles. The number of rotatable bonds is 6. The van der Waals surface area contributed by atoms with Gasteiger partial charge in [0.25, 0.3) is 0 Å². The van der Waals surface area contributed by atoms with Gasteiger partial charge in [-0.15, -0.1) is 24.0 Å². The van der Waals surface area contributed by atoms with Crippen LogP contribution in [0.15, 0.2) is 29.3 Å². The van der Waals surface area contributed by atoms with Crippen LogP contribution in [-0.4, -0.2) is 49.0 Å². The van der Waals surface area contributed by atoms with E-state index in [0.717, 1.165) is 30.8 Å². The fourth-order valence-corrected chi connectivity index (χ4v) is 3.34. The first kappa shape index (κ1) is 25.5. The summed E-state index contributed by atoms with van der Waals surface area (Å²) in [5, 5.41) is 6.55. The van der Waals surface area contributed by atoms with Crippen molar-refractivity contribution in [2.45, 2.75) is 59.1 Å². The molecule has 2 N–H and O–H groups in total. The molecule has 0 aliphatic carbocycles. The van der Waals surface area contributed by atoms with Gasteiger partial charge < -0.3 is 20.3 Å². The molecule has 1 fully saturated rings. The number of nitrogens with zero attached hydrogens (tertiary/aromatic N) is 2. The van der Waals surface area contributed by atoms with Crippen molar-refractivity contribution in [3.05, 3.63) is 29.8 Å². The number of para-hydroxylation sites is 1. The lowest BCUT2D eigenvalue weighted by molar-refractivity contribution is -0.132. The number of carbonyl (C=O) groups excluding carboxylic acids is 1. The largest absolute Gasteiger partial charge is 0.488 e. The number of aliphatic imine (C=N–C) groups is 1. The van der Waals surface area contributed by atoms with Crippen LogP contribution in [-0.2, 0) is 11.3 Å². The first-order valence-corrected chi connectivity index (χ1v) is 10.3. The van der Waals surface area contributed by atoms with Crippen LogP contribution in [0.2, 0.25) is 0 Å². The van der Waals surface area contributed by atoms with Gasteiger partial charge in [0.2, 0.25) is 5.91 Å². The minimum absolute atomic E-state index is 0. The Kier molecular flexibility index (Phi) is 10.8. The molecule has 1 saturated heterocycles. The van der Waals surface area contributed by atoms with Crippen LogP contribution >= 0.6 is 24.0 Å². The number of nitrogens with one attached hydrogen (secondary N) is 2. The molecular formula is C22H37IN4O2. The number of piperidine rings is 1. The predicted molar refractivity (Wildman–Crippen MR) is 130 cm³/mol. The Hall–Kier alpha value is -1.51. The SMILES string of the molecule is CN=C(NCCC(=O)N1CCCC(C)C1)NCc1ccccc1OC(C)(C)C.I. The summed E-state index contributed by atoms with van der Waals surface area (Å²) in [6.07, 6.45) is 2.82. The normalized spacial score (nSPS) is 17.3. The third kappa shape index (κ3) is 9.23. The maximum absolute atomic E-state index is 12.4. The summed E-state index contributed by atoms with van der Waals surface area (Å²) in [6, 6.07) is 8.00. The van der Waals surface area contributed by atoms with Crippen molar-refractivity contribution in [1.29, 1.82) is 0 Å². The van der Waals surface area contributed by atoms with Crippen molar-refractivity contribution in [1.82, 2.24) is 15.5 Å². The van der Waals surface area contributed by atoms with Gasteiger partial charge in [-0.1, -0.05) is 25.1 Å². The number of carbonyl (C=O) groups is 1. The molecule has 0 saturated carbocycles. The van der Waals surface area contributed by atoms with E-state index in [1.165, 1.54) is 6.42 Å². The van der Waals surface area contributed by atoms with Gasteiger partial charge >= 0.3 is 0 Å². The Balaban J connectivity index is 0.00000420. The third-order valence-corrected chi connectivity index (χ3v) is 4.70. The highest BCUT2D eigenvalue weighted by Crippen LogP contribution is 2.22. The number of likely N-dealkylation sites (tertiary alicyclic amines) is 1. The number of halogens is 1. The summed E-state index contributed by atoms with van der Waals surface area (Å²) in [6.45, 7) is 11.3. The molecule has 1 aromatic carbocycles. The molecule has 164 valence electrons. The Morgan fingerprint density at radius 2 is 2.00 bits per heavy atom. The number of hydrogen-bond donors (Lipinski definition) is 2. The summed E-state index contributed by atoms with van der Waals surface area (Å²) in [7, 11) is 1.74. The first-order valence-electron chi connectivity index (χ1n) is 10.3. The van der Waals surface area contributed by atoms with Crippen molar-refractivity contribution in [3.63, 3.8) is 0 Å². The van der Waals surface area contributed by atoms with E-state index in [1.807, 2.05) is 49.9 Å². The third-order valence-electron chi connectivity index (χ3n) is 4.70. The van der Waals surface area contributed by atoms with Crippen LogP contribution in [0.5, 0.6) is 5.75 Å². The second-order valence-electron chi connectivity index (χ2n) is 8.51. The fraction of sp³-hybridized carbons (Fsp3) is 0.636. The zero-order valence-corrected chi connectivity index (χ0v) is 20.8. The van der Waals surface area contributed by atoms with Gasteiger partial charge in [0, 0.05) is 45.2 Å². The highest BCUT2D eigenvalue weighted by molar-refractivity contribution is 14.0. The van der Waals surface area contributed by atoms with E-state index in [2.05, 4.69) is 22.5 Å². The fourth-order valence-electron chi connectivity index (χ4n) is 3.34. The molecular weight excluding hydrogens is 479 g/mol.